The number of carbonyl (C=O) groups excluding carboxylic acids is 2. The van der Waals surface area contributed by atoms with Gasteiger partial charge in [-0.1, -0.05) is 37.6 Å². The van der Waals surface area contributed by atoms with E-state index in [1.165, 1.54) is 6.92 Å². The SMILES string of the molecule is CCCCOC(=O)c1ccc(-c2ccc(OC(C)=O)cc2)cc1. The zero-order valence-electron chi connectivity index (χ0n) is 13.4. The van der Waals surface area contributed by atoms with E-state index in [4.69, 9.17) is 9.47 Å². The van der Waals surface area contributed by atoms with Crippen LogP contribution in [0.5, 0.6) is 5.75 Å². The highest BCUT2D eigenvalue weighted by molar-refractivity contribution is 5.90. The summed E-state index contributed by atoms with van der Waals surface area (Å²) in [4.78, 5) is 22.7. The van der Waals surface area contributed by atoms with Crippen LogP contribution in [0.15, 0.2) is 48.5 Å². The maximum atomic E-state index is 11.8. The van der Waals surface area contributed by atoms with Gasteiger partial charge in [-0.2, -0.15) is 0 Å². The summed E-state index contributed by atoms with van der Waals surface area (Å²) in [5.41, 5.74) is 2.50. The van der Waals surface area contributed by atoms with Crippen LogP contribution in [-0.2, 0) is 9.53 Å². The van der Waals surface area contributed by atoms with E-state index >= 15 is 0 Å². The van der Waals surface area contributed by atoms with Crippen molar-refractivity contribution in [3.8, 4) is 16.9 Å². The largest absolute Gasteiger partial charge is 0.462 e. The zero-order valence-corrected chi connectivity index (χ0v) is 13.4. The predicted molar refractivity (Wildman–Crippen MR) is 88.4 cm³/mol. The Morgan fingerprint density at radius 1 is 0.913 bits per heavy atom. The number of ether oxygens (including phenoxy) is 2. The lowest BCUT2D eigenvalue weighted by Crippen LogP contribution is -2.06. The van der Waals surface area contributed by atoms with Gasteiger partial charge < -0.3 is 9.47 Å². The van der Waals surface area contributed by atoms with Gasteiger partial charge in [-0.05, 0) is 41.8 Å². The van der Waals surface area contributed by atoms with Gasteiger partial charge in [0.1, 0.15) is 5.75 Å². The minimum atomic E-state index is -0.344. The average Bonchev–Trinajstić information content (AvgIpc) is 2.55. The van der Waals surface area contributed by atoms with Crippen LogP contribution >= 0.6 is 0 Å². The Kier molecular flexibility index (Phi) is 5.92. The molecule has 2 aromatic rings. The summed E-state index contributed by atoms with van der Waals surface area (Å²) in [7, 11) is 0. The lowest BCUT2D eigenvalue weighted by molar-refractivity contribution is -0.131. The highest BCUT2D eigenvalue weighted by Crippen LogP contribution is 2.23. The molecule has 4 heteroatoms. The molecule has 0 amide bonds. The van der Waals surface area contributed by atoms with Crippen molar-refractivity contribution in [3.63, 3.8) is 0 Å². The van der Waals surface area contributed by atoms with Crippen LogP contribution in [-0.4, -0.2) is 18.5 Å². The van der Waals surface area contributed by atoms with Crippen molar-refractivity contribution in [2.24, 2.45) is 0 Å². The molecule has 0 aliphatic carbocycles. The maximum Gasteiger partial charge on any atom is 0.338 e. The number of hydrogen-bond acceptors (Lipinski definition) is 4. The molecule has 0 saturated heterocycles. The molecule has 0 N–H and O–H groups in total. The summed E-state index contributed by atoms with van der Waals surface area (Å²) < 4.78 is 10.2. The number of rotatable bonds is 6. The summed E-state index contributed by atoms with van der Waals surface area (Å²) in [5.74, 6) is -0.128. The molecule has 0 aliphatic rings. The number of hydrogen-bond donors (Lipinski definition) is 0. The van der Waals surface area contributed by atoms with Crippen LogP contribution in [0.4, 0.5) is 0 Å². The maximum absolute atomic E-state index is 11.8. The van der Waals surface area contributed by atoms with Crippen LogP contribution in [0.25, 0.3) is 11.1 Å². The van der Waals surface area contributed by atoms with E-state index in [2.05, 4.69) is 6.92 Å². The van der Waals surface area contributed by atoms with E-state index in [0.717, 1.165) is 24.0 Å². The van der Waals surface area contributed by atoms with E-state index in [0.29, 0.717) is 17.9 Å². The molecule has 0 radical (unpaired) electrons. The lowest BCUT2D eigenvalue weighted by Gasteiger charge is -2.06. The van der Waals surface area contributed by atoms with Crippen LogP contribution in [0.2, 0.25) is 0 Å². The molecule has 2 rings (SSSR count). The average molecular weight is 312 g/mol. The number of unbranched alkanes of at least 4 members (excludes halogenated alkanes) is 1. The first-order valence-corrected chi connectivity index (χ1v) is 7.66. The monoisotopic (exact) mass is 312 g/mol. The second kappa shape index (κ2) is 8.13. The van der Waals surface area contributed by atoms with E-state index in [1.54, 1.807) is 24.3 Å². The highest BCUT2D eigenvalue weighted by Gasteiger charge is 2.07. The van der Waals surface area contributed by atoms with Crippen LogP contribution < -0.4 is 4.74 Å². The summed E-state index contributed by atoms with van der Waals surface area (Å²) in [5, 5.41) is 0. The Bertz CT molecular complexity index is 657. The topological polar surface area (TPSA) is 52.6 Å². The van der Waals surface area contributed by atoms with E-state index in [-0.39, 0.29) is 11.9 Å². The normalized spacial score (nSPS) is 10.2. The van der Waals surface area contributed by atoms with E-state index in [1.807, 2.05) is 24.3 Å². The van der Waals surface area contributed by atoms with Crippen molar-refractivity contribution in [1.29, 1.82) is 0 Å². The molecular formula is C19H20O4. The molecule has 0 aromatic heterocycles. The second-order valence-electron chi connectivity index (χ2n) is 5.18. The molecule has 0 aliphatic heterocycles. The summed E-state index contributed by atoms with van der Waals surface area (Å²) in [6.45, 7) is 3.87. The van der Waals surface area contributed by atoms with Crippen molar-refractivity contribution in [2.45, 2.75) is 26.7 Å². The Morgan fingerprint density at radius 2 is 1.48 bits per heavy atom. The zero-order chi connectivity index (χ0) is 16.7. The van der Waals surface area contributed by atoms with Gasteiger partial charge >= 0.3 is 11.9 Å². The van der Waals surface area contributed by atoms with Gasteiger partial charge in [-0.15, -0.1) is 0 Å². The molecule has 0 unspecified atom stereocenters. The molecule has 0 atom stereocenters. The fourth-order valence-electron chi connectivity index (χ4n) is 2.07. The van der Waals surface area contributed by atoms with Crippen molar-refractivity contribution < 1.29 is 19.1 Å². The fraction of sp³-hybridized carbons (Fsp3) is 0.263. The summed E-state index contributed by atoms with van der Waals surface area (Å²) in [6.07, 6.45) is 1.87. The van der Waals surface area contributed by atoms with Gasteiger partial charge in [0.2, 0.25) is 0 Å². The van der Waals surface area contributed by atoms with E-state index < -0.39 is 0 Å². The second-order valence-corrected chi connectivity index (χ2v) is 5.18. The molecule has 0 heterocycles. The van der Waals surface area contributed by atoms with Crippen molar-refractivity contribution in [3.05, 3.63) is 54.1 Å². The van der Waals surface area contributed by atoms with Gasteiger partial charge in [0.15, 0.2) is 0 Å². The molecule has 120 valence electrons. The minimum Gasteiger partial charge on any atom is -0.462 e. The molecule has 0 bridgehead atoms. The van der Waals surface area contributed by atoms with E-state index in [9.17, 15) is 9.59 Å². The molecule has 0 saturated carbocycles. The Morgan fingerprint density at radius 3 is 2.00 bits per heavy atom. The Balaban J connectivity index is 2.04. The summed E-state index contributed by atoms with van der Waals surface area (Å²) in [6, 6.07) is 14.5. The number of esters is 2. The predicted octanol–water partition coefficient (Wildman–Crippen LogP) is 4.24. The van der Waals surface area contributed by atoms with Crippen molar-refractivity contribution in [1.82, 2.24) is 0 Å². The van der Waals surface area contributed by atoms with Crippen molar-refractivity contribution in [2.75, 3.05) is 6.61 Å². The Labute approximate surface area is 136 Å². The number of benzene rings is 2. The van der Waals surface area contributed by atoms with Crippen molar-refractivity contribution >= 4 is 11.9 Å². The molecular weight excluding hydrogens is 292 g/mol. The molecule has 23 heavy (non-hydrogen) atoms. The van der Waals surface area contributed by atoms with Gasteiger partial charge in [0.25, 0.3) is 0 Å². The first kappa shape index (κ1) is 16.7. The third-order valence-electron chi connectivity index (χ3n) is 3.30. The first-order chi connectivity index (χ1) is 11.1. The van der Waals surface area contributed by atoms with Crippen LogP contribution in [0.1, 0.15) is 37.0 Å². The molecule has 0 fully saturated rings. The fourth-order valence-corrected chi connectivity index (χ4v) is 2.07. The van der Waals surface area contributed by atoms with Gasteiger partial charge in [-0.3, -0.25) is 4.79 Å². The van der Waals surface area contributed by atoms with Gasteiger partial charge in [0, 0.05) is 6.92 Å². The molecule has 0 spiro atoms. The first-order valence-electron chi connectivity index (χ1n) is 7.66. The van der Waals surface area contributed by atoms with Crippen LogP contribution in [0.3, 0.4) is 0 Å². The minimum absolute atomic E-state index is 0.296. The standard InChI is InChI=1S/C19H20O4/c1-3-4-13-22-19(21)17-7-5-15(6-8-17)16-9-11-18(12-10-16)23-14(2)20/h5-12H,3-4,13H2,1-2H3. The third-order valence-corrected chi connectivity index (χ3v) is 3.30. The van der Waals surface area contributed by atoms with Gasteiger partial charge in [0.05, 0.1) is 12.2 Å². The molecule has 2 aromatic carbocycles. The summed E-state index contributed by atoms with van der Waals surface area (Å²) >= 11 is 0. The van der Waals surface area contributed by atoms with Crippen LogP contribution in [0, 0.1) is 0 Å². The third kappa shape index (κ3) is 4.95. The molecule has 4 nitrogen and oxygen atoms in total. The van der Waals surface area contributed by atoms with Gasteiger partial charge in [-0.25, -0.2) is 4.79 Å². The lowest BCUT2D eigenvalue weighted by atomic mass is 10.0. The quantitative estimate of drug-likeness (QED) is 0.455. The smallest absolute Gasteiger partial charge is 0.338 e. The Hall–Kier alpha value is -2.62. The highest BCUT2D eigenvalue weighted by atomic mass is 16.5. The number of carbonyl (C=O) groups is 2.